The van der Waals surface area contributed by atoms with Crippen molar-refractivity contribution in [3.8, 4) is 0 Å². The van der Waals surface area contributed by atoms with Crippen LogP contribution in [0, 0.1) is 17.6 Å². The van der Waals surface area contributed by atoms with Gasteiger partial charge in [-0.25, -0.2) is 8.78 Å². The molecule has 0 saturated heterocycles. The average molecular weight is 340 g/mol. The Morgan fingerprint density at radius 2 is 1.67 bits per heavy atom. The molecule has 24 heavy (non-hydrogen) atoms. The minimum absolute atomic E-state index is 0.226. The number of hydrogen-bond acceptors (Lipinski definition) is 1. The minimum atomic E-state index is -0.521. The maximum Gasteiger partial charge on any atom is 0.129 e. The van der Waals surface area contributed by atoms with Crippen molar-refractivity contribution in [1.82, 2.24) is 0 Å². The van der Waals surface area contributed by atoms with E-state index in [-0.39, 0.29) is 11.5 Å². The second kappa shape index (κ2) is 10.8. The Labute approximate surface area is 146 Å². The summed E-state index contributed by atoms with van der Waals surface area (Å²) in [6, 6.07) is 3.89. The molecule has 1 nitrogen and oxygen atoms in total. The molecule has 0 saturated carbocycles. The number of hydrogen-bond donors (Lipinski definition) is 0. The third-order valence-electron chi connectivity index (χ3n) is 4.89. The number of halogens is 2. The number of rotatable bonds is 12. The lowest BCUT2D eigenvalue weighted by Gasteiger charge is -2.34. The molecular weight excluding hydrogens is 306 g/mol. The third kappa shape index (κ3) is 7.29. The highest BCUT2D eigenvalue weighted by Crippen LogP contribution is 2.31. The molecule has 0 radical (unpaired) electrons. The zero-order valence-corrected chi connectivity index (χ0v) is 15.8. The van der Waals surface area contributed by atoms with Crippen molar-refractivity contribution >= 4 is 0 Å². The molecule has 0 spiro atoms. The van der Waals surface area contributed by atoms with Crippen LogP contribution in [-0.2, 0) is 11.2 Å². The van der Waals surface area contributed by atoms with Crippen molar-refractivity contribution in [2.24, 2.45) is 5.92 Å². The van der Waals surface area contributed by atoms with Crippen molar-refractivity contribution in [1.29, 1.82) is 0 Å². The van der Waals surface area contributed by atoms with E-state index in [2.05, 4.69) is 20.8 Å². The van der Waals surface area contributed by atoms with E-state index in [0.29, 0.717) is 18.6 Å². The lowest BCUT2D eigenvalue weighted by Crippen LogP contribution is -2.36. The van der Waals surface area contributed by atoms with Crippen molar-refractivity contribution in [2.75, 3.05) is 6.61 Å². The second-order valence-corrected chi connectivity index (χ2v) is 7.23. The van der Waals surface area contributed by atoms with Crippen LogP contribution in [-0.4, -0.2) is 12.2 Å². The predicted molar refractivity (Wildman–Crippen MR) is 97.3 cm³/mol. The lowest BCUT2D eigenvalue weighted by molar-refractivity contribution is -0.0575. The molecule has 0 amide bonds. The first-order chi connectivity index (χ1) is 11.4. The average Bonchev–Trinajstić information content (AvgIpc) is 2.51. The van der Waals surface area contributed by atoms with Crippen LogP contribution < -0.4 is 0 Å². The quantitative estimate of drug-likeness (QED) is 0.385. The Bertz CT molecular complexity index is 471. The van der Waals surface area contributed by atoms with Crippen LogP contribution in [0.4, 0.5) is 8.78 Å². The van der Waals surface area contributed by atoms with E-state index in [1.165, 1.54) is 38.2 Å². The molecule has 0 heterocycles. The van der Waals surface area contributed by atoms with Crippen LogP contribution in [0.1, 0.15) is 78.2 Å². The Hall–Kier alpha value is -0.960. The SMILES string of the molecule is CCCCCCCCC(Cc1ccc(F)cc1F)C(C)(C)OCC. The topological polar surface area (TPSA) is 9.23 Å². The van der Waals surface area contributed by atoms with Gasteiger partial charge in [0.05, 0.1) is 5.60 Å². The molecule has 1 aromatic rings. The molecule has 0 bridgehead atoms. The van der Waals surface area contributed by atoms with Gasteiger partial charge in [0.25, 0.3) is 0 Å². The summed E-state index contributed by atoms with van der Waals surface area (Å²) >= 11 is 0. The Morgan fingerprint density at radius 1 is 1.00 bits per heavy atom. The maximum atomic E-state index is 14.0. The standard InChI is InChI=1S/C21H34F2O/c1-5-7-8-9-10-11-12-18(21(3,4)24-6-2)15-17-13-14-19(22)16-20(17)23/h13-14,16,18H,5-12,15H2,1-4H3. The van der Waals surface area contributed by atoms with E-state index in [9.17, 15) is 8.78 Å². The van der Waals surface area contributed by atoms with Crippen molar-refractivity contribution in [2.45, 2.75) is 84.7 Å². The molecular formula is C21H34F2O. The van der Waals surface area contributed by atoms with Crippen LogP contribution in [0.15, 0.2) is 18.2 Å². The molecule has 0 aliphatic heterocycles. The molecule has 3 heteroatoms. The molecule has 0 N–H and O–H groups in total. The van der Waals surface area contributed by atoms with Gasteiger partial charge in [-0.3, -0.25) is 0 Å². The fraction of sp³-hybridized carbons (Fsp3) is 0.714. The Kier molecular flexibility index (Phi) is 9.50. The van der Waals surface area contributed by atoms with E-state index in [4.69, 9.17) is 4.74 Å². The Morgan fingerprint density at radius 3 is 2.29 bits per heavy atom. The summed E-state index contributed by atoms with van der Waals surface area (Å²) in [7, 11) is 0. The van der Waals surface area contributed by atoms with E-state index < -0.39 is 11.6 Å². The lowest BCUT2D eigenvalue weighted by atomic mass is 9.81. The summed E-state index contributed by atoms with van der Waals surface area (Å²) in [5.41, 5.74) is 0.277. The second-order valence-electron chi connectivity index (χ2n) is 7.23. The van der Waals surface area contributed by atoms with E-state index >= 15 is 0 Å². The molecule has 1 unspecified atom stereocenters. The molecule has 1 atom stereocenters. The van der Waals surface area contributed by atoms with Crippen LogP contribution in [0.2, 0.25) is 0 Å². The van der Waals surface area contributed by atoms with E-state index in [0.717, 1.165) is 18.9 Å². The fourth-order valence-electron chi connectivity index (χ4n) is 3.31. The molecule has 0 aliphatic rings. The van der Waals surface area contributed by atoms with Gasteiger partial charge in [-0.1, -0.05) is 51.5 Å². The first-order valence-electron chi connectivity index (χ1n) is 9.48. The molecule has 0 aromatic heterocycles. The largest absolute Gasteiger partial charge is 0.376 e. The normalized spacial score (nSPS) is 13.2. The molecule has 0 fully saturated rings. The first kappa shape index (κ1) is 21.1. The van der Waals surface area contributed by atoms with E-state index in [1.54, 1.807) is 6.07 Å². The van der Waals surface area contributed by atoms with Crippen LogP contribution in [0.3, 0.4) is 0 Å². The number of benzene rings is 1. The van der Waals surface area contributed by atoms with Crippen LogP contribution in [0.25, 0.3) is 0 Å². The van der Waals surface area contributed by atoms with Gasteiger partial charge in [0, 0.05) is 12.7 Å². The van der Waals surface area contributed by atoms with Crippen molar-refractivity contribution in [3.05, 3.63) is 35.4 Å². The van der Waals surface area contributed by atoms with Gasteiger partial charge in [-0.2, -0.15) is 0 Å². The molecule has 138 valence electrons. The predicted octanol–water partition coefficient (Wildman–Crippen LogP) is 6.69. The Balaban J connectivity index is 2.67. The smallest absolute Gasteiger partial charge is 0.129 e. The maximum absolute atomic E-state index is 14.0. The molecule has 0 aliphatic carbocycles. The van der Waals surface area contributed by atoms with Gasteiger partial charge < -0.3 is 4.74 Å². The van der Waals surface area contributed by atoms with E-state index in [1.807, 2.05) is 6.92 Å². The van der Waals surface area contributed by atoms with Gasteiger partial charge >= 0.3 is 0 Å². The summed E-state index contributed by atoms with van der Waals surface area (Å²) in [5, 5.41) is 0. The number of ether oxygens (including phenoxy) is 1. The van der Waals surface area contributed by atoms with Crippen molar-refractivity contribution < 1.29 is 13.5 Å². The highest BCUT2D eigenvalue weighted by atomic mass is 19.1. The minimum Gasteiger partial charge on any atom is -0.376 e. The summed E-state index contributed by atoms with van der Waals surface area (Å²) < 4.78 is 33.1. The monoisotopic (exact) mass is 340 g/mol. The zero-order valence-electron chi connectivity index (χ0n) is 15.8. The van der Waals surface area contributed by atoms with Crippen LogP contribution in [0.5, 0.6) is 0 Å². The summed E-state index contributed by atoms with van der Waals surface area (Å²) in [4.78, 5) is 0. The van der Waals surface area contributed by atoms with Crippen molar-refractivity contribution in [3.63, 3.8) is 0 Å². The highest BCUT2D eigenvalue weighted by Gasteiger charge is 2.30. The summed E-state index contributed by atoms with van der Waals surface area (Å²) in [6.07, 6.45) is 9.06. The summed E-state index contributed by atoms with van der Waals surface area (Å²) in [6.45, 7) is 9.02. The third-order valence-corrected chi connectivity index (χ3v) is 4.89. The zero-order chi connectivity index (χ0) is 18.0. The van der Waals surface area contributed by atoms with Gasteiger partial charge in [-0.05, 0) is 51.2 Å². The number of unbranched alkanes of at least 4 members (excludes halogenated alkanes) is 5. The molecule has 1 aromatic carbocycles. The summed E-state index contributed by atoms with van der Waals surface area (Å²) in [5.74, 6) is -0.744. The molecule has 1 rings (SSSR count). The van der Waals surface area contributed by atoms with Gasteiger partial charge in [0.15, 0.2) is 0 Å². The van der Waals surface area contributed by atoms with Gasteiger partial charge in [0.2, 0.25) is 0 Å². The van der Waals surface area contributed by atoms with Gasteiger partial charge in [0.1, 0.15) is 11.6 Å². The highest BCUT2D eigenvalue weighted by molar-refractivity contribution is 5.19. The van der Waals surface area contributed by atoms with Gasteiger partial charge in [-0.15, -0.1) is 0 Å². The van der Waals surface area contributed by atoms with Crippen LogP contribution >= 0.6 is 0 Å². The fourth-order valence-corrected chi connectivity index (χ4v) is 3.31. The first-order valence-corrected chi connectivity index (χ1v) is 9.48.